The van der Waals surface area contributed by atoms with Gasteiger partial charge in [-0.05, 0) is 56.5 Å². The summed E-state index contributed by atoms with van der Waals surface area (Å²) in [4.78, 5) is 58.1. The van der Waals surface area contributed by atoms with Gasteiger partial charge in [-0.2, -0.15) is 0 Å². The maximum atomic E-state index is 13.3. The third-order valence-corrected chi connectivity index (χ3v) is 8.43. The first kappa shape index (κ1) is 27.5. The maximum absolute atomic E-state index is 13.3. The summed E-state index contributed by atoms with van der Waals surface area (Å²) in [6, 6.07) is 19.0. The van der Waals surface area contributed by atoms with Crippen LogP contribution in [-0.2, 0) is 14.3 Å². The van der Waals surface area contributed by atoms with Crippen LogP contribution in [0.15, 0.2) is 78.9 Å². The molecular formula is C34H27ClN2O5. The van der Waals surface area contributed by atoms with E-state index in [4.69, 9.17) is 21.3 Å². The van der Waals surface area contributed by atoms with Gasteiger partial charge in [-0.1, -0.05) is 71.8 Å². The zero-order valence-electron chi connectivity index (χ0n) is 23.1. The summed E-state index contributed by atoms with van der Waals surface area (Å²) in [7, 11) is 0. The third kappa shape index (κ3) is 4.90. The number of fused-ring (bicyclic) bond motifs is 2. The lowest BCUT2D eigenvalue weighted by molar-refractivity contribution is -0.122. The molecule has 42 heavy (non-hydrogen) atoms. The number of halogens is 1. The van der Waals surface area contributed by atoms with Crippen molar-refractivity contribution in [2.24, 2.45) is 11.8 Å². The van der Waals surface area contributed by atoms with Crippen molar-refractivity contribution in [2.45, 2.75) is 26.7 Å². The topological polar surface area (TPSA) is 93.6 Å². The fourth-order valence-corrected chi connectivity index (χ4v) is 5.74. The van der Waals surface area contributed by atoms with Gasteiger partial charge in [0.25, 0.3) is 0 Å². The Bertz CT molecular complexity index is 1770. The van der Waals surface area contributed by atoms with E-state index in [-0.39, 0.29) is 35.0 Å². The van der Waals surface area contributed by atoms with E-state index in [1.54, 1.807) is 54.6 Å². The van der Waals surface area contributed by atoms with Crippen molar-refractivity contribution in [1.29, 1.82) is 0 Å². The first-order valence-corrected chi connectivity index (χ1v) is 14.1. The summed E-state index contributed by atoms with van der Waals surface area (Å²) < 4.78 is 5.46. The van der Waals surface area contributed by atoms with Gasteiger partial charge in [-0.15, -0.1) is 0 Å². The number of rotatable bonds is 6. The van der Waals surface area contributed by atoms with Gasteiger partial charge in [0.15, 0.2) is 12.4 Å². The second kappa shape index (κ2) is 11.0. The van der Waals surface area contributed by atoms with Gasteiger partial charge in [-0.25, -0.2) is 9.78 Å². The fraction of sp³-hybridized carbons (Fsp3) is 0.206. The van der Waals surface area contributed by atoms with E-state index in [9.17, 15) is 19.2 Å². The summed E-state index contributed by atoms with van der Waals surface area (Å²) in [5.74, 6) is -1.96. The SMILES string of the molecule is Cc1ccc(C(=O)COC(=O)c2cc(-c3ccc(N4C(=O)C5CC=CCC5C4=O)cc3)nc3c(C)c(Cl)ccc23)cc1. The van der Waals surface area contributed by atoms with Crippen molar-refractivity contribution < 1.29 is 23.9 Å². The van der Waals surface area contributed by atoms with Crippen LogP contribution >= 0.6 is 11.6 Å². The van der Waals surface area contributed by atoms with Gasteiger partial charge in [0.1, 0.15) is 0 Å². The van der Waals surface area contributed by atoms with Gasteiger partial charge in [0.2, 0.25) is 11.8 Å². The molecule has 1 aromatic heterocycles. The van der Waals surface area contributed by atoms with Crippen LogP contribution in [0.25, 0.3) is 22.2 Å². The standard InChI is InChI=1S/C34H27ClN2O5/c1-19-7-9-22(10-8-19)30(38)18-42-34(41)27-17-29(36-31-20(2)28(35)16-15-24(27)31)21-11-13-23(14-12-21)37-32(39)25-5-3-4-6-26(25)33(37)40/h3-4,7-17,25-26H,5-6,18H2,1-2H3. The van der Waals surface area contributed by atoms with Crippen molar-refractivity contribution in [3.63, 3.8) is 0 Å². The minimum atomic E-state index is -0.660. The van der Waals surface area contributed by atoms with Gasteiger partial charge in [0, 0.05) is 21.5 Å². The molecule has 210 valence electrons. The van der Waals surface area contributed by atoms with Crippen molar-refractivity contribution in [3.05, 3.63) is 106 Å². The number of nitrogens with zero attached hydrogens (tertiary/aromatic N) is 2. The summed E-state index contributed by atoms with van der Waals surface area (Å²) >= 11 is 6.40. The van der Waals surface area contributed by atoms with Crippen LogP contribution in [0.1, 0.15) is 44.7 Å². The molecule has 1 saturated heterocycles. The number of hydrogen-bond donors (Lipinski definition) is 0. The zero-order valence-corrected chi connectivity index (χ0v) is 23.9. The first-order chi connectivity index (χ1) is 20.2. The van der Waals surface area contributed by atoms with E-state index < -0.39 is 12.6 Å². The Balaban J connectivity index is 1.31. The third-order valence-electron chi connectivity index (χ3n) is 8.03. The Morgan fingerprint density at radius 1 is 0.905 bits per heavy atom. The van der Waals surface area contributed by atoms with E-state index in [0.29, 0.717) is 56.8 Å². The van der Waals surface area contributed by atoms with E-state index in [1.165, 1.54) is 4.90 Å². The highest BCUT2D eigenvalue weighted by Gasteiger charge is 2.47. The molecule has 0 N–H and O–H groups in total. The lowest BCUT2D eigenvalue weighted by atomic mass is 9.85. The number of pyridine rings is 1. The fourth-order valence-electron chi connectivity index (χ4n) is 5.59. The molecule has 7 nitrogen and oxygen atoms in total. The Morgan fingerprint density at radius 2 is 1.55 bits per heavy atom. The Kier molecular flexibility index (Phi) is 7.21. The molecule has 1 aliphatic carbocycles. The van der Waals surface area contributed by atoms with Crippen molar-refractivity contribution in [3.8, 4) is 11.3 Å². The molecule has 2 amide bonds. The average Bonchev–Trinajstić information content (AvgIpc) is 3.27. The van der Waals surface area contributed by atoms with E-state index in [0.717, 1.165) is 5.56 Å². The van der Waals surface area contributed by atoms with Gasteiger partial charge in [0.05, 0.1) is 34.3 Å². The number of aryl methyl sites for hydroxylation is 2. The number of esters is 1. The highest BCUT2D eigenvalue weighted by Crippen LogP contribution is 2.38. The predicted molar refractivity (Wildman–Crippen MR) is 161 cm³/mol. The minimum Gasteiger partial charge on any atom is -0.454 e. The molecule has 0 bridgehead atoms. The molecule has 2 heterocycles. The normalized spacial score (nSPS) is 17.9. The second-order valence-corrected chi connectivity index (χ2v) is 11.1. The van der Waals surface area contributed by atoms with Gasteiger partial charge < -0.3 is 4.74 Å². The first-order valence-electron chi connectivity index (χ1n) is 13.7. The van der Waals surface area contributed by atoms with E-state index in [2.05, 4.69) is 0 Å². The number of carbonyl (C=O) groups is 4. The number of imide groups is 1. The Labute approximate surface area is 247 Å². The molecule has 0 saturated carbocycles. The van der Waals surface area contributed by atoms with Crippen LogP contribution < -0.4 is 4.90 Å². The number of benzene rings is 3. The van der Waals surface area contributed by atoms with E-state index >= 15 is 0 Å². The molecule has 0 radical (unpaired) electrons. The Morgan fingerprint density at radius 3 is 2.19 bits per heavy atom. The summed E-state index contributed by atoms with van der Waals surface area (Å²) in [6.07, 6.45) is 5.06. The molecule has 6 rings (SSSR count). The number of Topliss-reactive ketones (excluding diaryl/α,β-unsaturated/α-hetero) is 1. The lowest BCUT2D eigenvalue weighted by Crippen LogP contribution is -2.30. The monoisotopic (exact) mass is 578 g/mol. The molecule has 4 aromatic rings. The maximum Gasteiger partial charge on any atom is 0.339 e. The van der Waals surface area contributed by atoms with Crippen LogP contribution in [0.5, 0.6) is 0 Å². The number of ether oxygens (including phenoxy) is 1. The number of amides is 2. The summed E-state index contributed by atoms with van der Waals surface area (Å²) in [5.41, 5.74) is 4.60. The molecule has 2 atom stereocenters. The zero-order chi connectivity index (χ0) is 29.5. The quantitative estimate of drug-likeness (QED) is 0.110. The van der Waals surface area contributed by atoms with Crippen molar-refractivity contribution in [2.75, 3.05) is 11.5 Å². The summed E-state index contributed by atoms with van der Waals surface area (Å²) in [6.45, 7) is 3.34. The number of anilines is 1. The summed E-state index contributed by atoms with van der Waals surface area (Å²) in [5, 5.41) is 1.05. The van der Waals surface area contributed by atoms with Crippen LogP contribution in [0.3, 0.4) is 0 Å². The number of hydrogen-bond acceptors (Lipinski definition) is 6. The minimum absolute atomic E-state index is 0.179. The van der Waals surface area contributed by atoms with Crippen molar-refractivity contribution >= 4 is 51.8 Å². The molecule has 2 unspecified atom stereocenters. The second-order valence-electron chi connectivity index (χ2n) is 10.7. The van der Waals surface area contributed by atoms with Crippen molar-refractivity contribution in [1.82, 2.24) is 4.98 Å². The number of ketones is 1. The molecule has 3 aromatic carbocycles. The molecule has 1 aliphatic heterocycles. The largest absolute Gasteiger partial charge is 0.454 e. The molecule has 2 aliphatic rings. The molecular weight excluding hydrogens is 552 g/mol. The number of aromatic nitrogens is 1. The molecule has 1 fully saturated rings. The molecule has 8 heteroatoms. The van der Waals surface area contributed by atoms with Crippen LogP contribution in [0.2, 0.25) is 5.02 Å². The number of carbonyl (C=O) groups excluding carboxylic acids is 4. The van der Waals surface area contributed by atoms with Crippen LogP contribution in [-0.4, -0.2) is 35.2 Å². The highest BCUT2D eigenvalue weighted by atomic mass is 35.5. The smallest absolute Gasteiger partial charge is 0.339 e. The average molecular weight is 579 g/mol. The lowest BCUT2D eigenvalue weighted by Gasteiger charge is -2.16. The highest BCUT2D eigenvalue weighted by molar-refractivity contribution is 6.32. The Hall–Kier alpha value is -4.62. The van der Waals surface area contributed by atoms with E-state index in [1.807, 2.05) is 38.1 Å². The van der Waals surface area contributed by atoms with Crippen LogP contribution in [0.4, 0.5) is 5.69 Å². The predicted octanol–water partition coefficient (Wildman–Crippen LogP) is 6.67. The number of allylic oxidation sites excluding steroid dienone is 2. The van der Waals surface area contributed by atoms with Gasteiger partial charge >= 0.3 is 5.97 Å². The molecule has 0 spiro atoms. The van der Waals surface area contributed by atoms with Crippen LogP contribution in [0, 0.1) is 25.7 Å². The van der Waals surface area contributed by atoms with Gasteiger partial charge in [-0.3, -0.25) is 19.3 Å².